The van der Waals surface area contributed by atoms with E-state index in [1.807, 2.05) is 0 Å². The first-order valence-corrected chi connectivity index (χ1v) is 8.08. The van der Waals surface area contributed by atoms with Crippen LogP contribution >= 0.6 is 0 Å². The Morgan fingerprint density at radius 3 is 1.37 bits per heavy atom. The molecule has 116 valence electrons. The van der Waals surface area contributed by atoms with Crippen LogP contribution in [0.2, 0.25) is 0 Å². The molecule has 0 heteroatoms. The molecule has 0 N–H and O–H groups in total. The minimum Gasteiger partial charge on any atom is -0.0620 e. The van der Waals surface area contributed by atoms with E-state index in [2.05, 4.69) is 76.2 Å². The molecule has 0 bridgehead atoms. The summed E-state index contributed by atoms with van der Waals surface area (Å²) in [5.74, 6) is 0.761. The van der Waals surface area contributed by atoms with Gasteiger partial charge in [-0.25, -0.2) is 0 Å². The maximum absolute atomic E-state index is 2.47. The Kier molecular flexibility index (Phi) is 5.78. The minimum atomic E-state index is 0.394. The van der Waals surface area contributed by atoms with Crippen LogP contribution in [0.5, 0.6) is 0 Å². The van der Waals surface area contributed by atoms with Crippen LogP contribution in [-0.2, 0) is 0 Å². The van der Waals surface area contributed by atoms with Crippen LogP contribution in [0.25, 0.3) is 0 Å². The fourth-order valence-corrected chi connectivity index (χ4v) is 2.37. The summed E-state index contributed by atoms with van der Waals surface area (Å²) < 4.78 is 0. The average molecular weight is 269 g/mol. The fraction of sp³-hybridized carbons (Fsp3) is 1.00. The minimum absolute atomic E-state index is 0.394. The van der Waals surface area contributed by atoms with Gasteiger partial charge in [0.25, 0.3) is 0 Å². The zero-order chi connectivity index (χ0) is 15.7. The van der Waals surface area contributed by atoms with Crippen molar-refractivity contribution in [2.24, 2.45) is 27.6 Å². The number of rotatable bonds is 5. The lowest BCUT2D eigenvalue weighted by molar-refractivity contribution is 0.0380. The van der Waals surface area contributed by atoms with Crippen molar-refractivity contribution in [1.82, 2.24) is 0 Å². The van der Waals surface area contributed by atoms with Crippen molar-refractivity contribution in [3.05, 3.63) is 0 Å². The Morgan fingerprint density at radius 1 is 0.632 bits per heavy atom. The summed E-state index contributed by atoms with van der Waals surface area (Å²) in [7, 11) is 0. The summed E-state index contributed by atoms with van der Waals surface area (Å²) in [6, 6.07) is 0. The van der Waals surface area contributed by atoms with Crippen molar-refractivity contribution in [3.8, 4) is 0 Å². The fourth-order valence-electron chi connectivity index (χ4n) is 2.37. The molecule has 0 saturated carbocycles. The third kappa shape index (κ3) is 6.32. The molecule has 0 aliphatic heterocycles. The Labute approximate surface area is 123 Å². The lowest BCUT2D eigenvalue weighted by Crippen LogP contribution is -2.37. The number of hydrogen-bond donors (Lipinski definition) is 0. The highest BCUT2D eigenvalue weighted by atomic mass is 14.4. The molecule has 0 aliphatic rings. The van der Waals surface area contributed by atoms with Crippen LogP contribution in [0.4, 0.5) is 0 Å². The van der Waals surface area contributed by atoms with Gasteiger partial charge in [0.15, 0.2) is 0 Å². The van der Waals surface area contributed by atoms with Crippen molar-refractivity contribution >= 4 is 0 Å². The molecule has 0 spiro atoms. The molecule has 0 radical (unpaired) electrons. The lowest BCUT2D eigenvalue weighted by Gasteiger charge is -2.46. The second-order valence-corrected chi connectivity index (χ2v) is 10.3. The molecule has 1 unspecified atom stereocenters. The van der Waals surface area contributed by atoms with Gasteiger partial charge in [0, 0.05) is 0 Å². The molecule has 0 rings (SSSR count). The van der Waals surface area contributed by atoms with Crippen LogP contribution in [-0.4, -0.2) is 0 Å². The zero-order valence-electron chi connectivity index (χ0n) is 15.7. The zero-order valence-corrected chi connectivity index (χ0v) is 15.7. The Hall–Kier alpha value is 0. The summed E-state index contributed by atoms with van der Waals surface area (Å²) in [5.41, 5.74) is 1.66. The normalized spacial score (nSPS) is 16.6. The average Bonchev–Trinajstić information content (AvgIpc) is 2.11. The summed E-state index contributed by atoms with van der Waals surface area (Å²) in [6.07, 6.45) is 3.95. The first-order chi connectivity index (χ1) is 8.08. The van der Waals surface area contributed by atoms with E-state index in [1.54, 1.807) is 0 Å². The maximum Gasteiger partial charge on any atom is -0.0300 e. The third-order valence-electron chi connectivity index (χ3n) is 5.63. The van der Waals surface area contributed by atoms with Gasteiger partial charge in [0.05, 0.1) is 0 Å². The van der Waals surface area contributed by atoms with Gasteiger partial charge in [0.1, 0.15) is 0 Å². The number of hydrogen-bond acceptors (Lipinski definition) is 0. The molecule has 0 fully saturated rings. The topological polar surface area (TPSA) is 0 Å². The van der Waals surface area contributed by atoms with Gasteiger partial charge >= 0.3 is 0 Å². The Balaban J connectivity index is 4.78. The van der Waals surface area contributed by atoms with Gasteiger partial charge in [-0.2, -0.15) is 0 Å². The highest BCUT2D eigenvalue weighted by Crippen LogP contribution is 2.49. The standard InChI is InChI=1S/C19H40/c1-15(17(5,6)7)14-19(10,11)18(8,9)13-12-16(2,3)4/h15H,12-14H2,1-11H3. The largest absolute Gasteiger partial charge is 0.0620 e. The van der Waals surface area contributed by atoms with Crippen molar-refractivity contribution in [1.29, 1.82) is 0 Å². The second kappa shape index (κ2) is 5.78. The molecule has 0 heterocycles. The van der Waals surface area contributed by atoms with Crippen molar-refractivity contribution in [3.63, 3.8) is 0 Å². The van der Waals surface area contributed by atoms with E-state index in [4.69, 9.17) is 0 Å². The van der Waals surface area contributed by atoms with Gasteiger partial charge < -0.3 is 0 Å². The summed E-state index contributed by atoms with van der Waals surface area (Å²) in [5, 5.41) is 0. The molecule has 0 aromatic rings. The molecule has 0 aliphatic carbocycles. The van der Waals surface area contributed by atoms with Gasteiger partial charge in [-0.1, -0.05) is 76.2 Å². The van der Waals surface area contributed by atoms with Gasteiger partial charge in [0.2, 0.25) is 0 Å². The maximum atomic E-state index is 2.47. The molecule has 0 nitrogen and oxygen atoms in total. The van der Waals surface area contributed by atoms with Crippen molar-refractivity contribution in [2.45, 2.75) is 95.4 Å². The predicted octanol–water partition coefficient (Wildman–Crippen LogP) is 6.94. The molecule has 0 amide bonds. The molecular weight excluding hydrogens is 228 g/mol. The van der Waals surface area contributed by atoms with E-state index in [9.17, 15) is 0 Å². The van der Waals surface area contributed by atoms with Crippen LogP contribution in [0.1, 0.15) is 95.4 Å². The van der Waals surface area contributed by atoms with Gasteiger partial charge in [-0.05, 0) is 46.8 Å². The quantitative estimate of drug-likeness (QED) is 0.506. The molecule has 0 aromatic carbocycles. The van der Waals surface area contributed by atoms with Crippen LogP contribution in [0.3, 0.4) is 0 Å². The van der Waals surface area contributed by atoms with Crippen LogP contribution in [0.15, 0.2) is 0 Å². The molecule has 0 aromatic heterocycles. The van der Waals surface area contributed by atoms with Gasteiger partial charge in [-0.3, -0.25) is 0 Å². The van der Waals surface area contributed by atoms with E-state index in [0.717, 1.165) is 5.92 Å². The first-order valence-electron chi connectivity index (χ1n) is 8.08. The van der Waals surface area contributed by atoms with Crippen LogP contribution < -0.4 is 0 Å². The highest BCUT2D eigenvalue weighted by molar-refractivity contribution is 4.90. The summed E-state index contributed by atoms with van der Waals surface area (Å²) in [4.78, 5) is 0. The smallest absolute Gasteiger partial charge is 0.0300 e. The van der Waals surface area contributed by atoms with Crippen molar-refractivity contribution in [2.75, 3.05) is 0 Å². The third-order valence-corrected chi connectivity index (χ3v) is 5.63. The summed E-state index contributed by atoms with van der Waals surface area (Å²) >= 11 is 0. The van der Waals surface area contributed by atoms with Crippen molar-refractivity contribution < 1.29 is 0 Å². The van der Waals surface area contributed by atoms with Crippen LogP contribution in [0, 0.1) is 27.6 Å². The second-order valence-electron chi connectivity index (χ2n) is 10.3. The SMILES string of the molecule is CC(CC(C)(C)C(C)(C)CCC(C)(C)C)C(C)(C)C. The van der Waals surface area contributed by atoms with E-state index in [1.165, 1.54) is 19.3 Å². The van der Waals surface area contributed by atoms with E-state index < -0.39 is 0 Å². The van der Waals surface area contributed by atoms with E-state index in [0.29, 0.717) is 21.7 Å². The first kappa shape index (κ1) is 19.0. The monoisotopic (exact) mass is 268 g/mol. The summed E-state index contributed by atoms with van der Waals surface area (Å²) in [6.45, 7) is 26.5. The molecule has 1 atom stereocenters. The molecular formula is C19H40. The predicted molar refractivity (Wildman–Crippen MR) is 89.5 cm³/mol. The Bertz CT molecular complexity index is 267. The molecule has 0 saturated heterocycles. The highest BCUT2D eigenvalue weighted by Gasteiger charge is 2.39. The van der Waals surface area contributed by atoms with E-state index >= 15 is 0 Å². The lowest BCUT2D eigenvalue weighted by atomic mass is 9.59. The van der Waals surface area contributed by atoms with Gasteiger partial charge in [-0.15, -0.1) is 0 Å². The Morgan fingerprint density at radius 2 is 1.05 bits per heavy atom. The van der Waals surface area contributed by atoms with E-state index in [-0.39, 0.29) is 0 Å². The molecule has 19 heavy (non-hydrogen) atoms.